The Balaban J connectivity index is 0.000000136. The number of hydrogen-bond acceptors (Lipinski definition) is 20. The van der Waals surface area contributed by atoms with Gasteiger partial charge in [-0.1, -0.05) is 240 Å². The predicted octanol–water partition coefficient (Wildman–Crippen LogP) is 17.6. The van der Waals surface area contributed by atoms with Crippen LogP contribution in [0.4, 0.5) is 0 Å². The Morgan fingerprint density at radius 1 is 0.331 bits per heavy atom. The number of likely N-dealkylation sites (tertiary alicyclic amines) is 4. The molecule has 0 spiro atoms. The summed E-state index contributed by atoms with van der Waals surface area (Å²) in [6.45, 7) is 23.3. The highest BCUT2D eigenvalue weighted by Crippen LogP contribution is 2.33. The molecule has 0 unspecified atom stereocenters. The lowest BCUT2D eigenvalue weighted by Gasteiger charge is -2.36. The summed E-state index contributed by atoms with van der Waals surface area (Å²) in [4.78, 5) is 70.3. The Morgan fingerprint density at radius 2 is 0.568 bits per heavy atom. The number of rotatable bonds is 30. The molecule has 4 fully saturated rings. The first-order valence-electron chi connectivity index (χ1n) is 40.9. The summed E-state index contributed by atoms with van der Waals surface area (Å²) in [6.07, 6.45) is 10.7. The molecule has 8 aromatic carbocycles. The summed E-state index contributed by atoms with van der Waals surface area (Å²) in [7, 11) is 0. The van der Waals surface area contributed by atoms with Crippen LogP contribution in [0.5, 0.6) is 0 Å². The lowest BCUT2D eigenvalue weighted by molar-refractivity contribution is -0.148. The number of hydrogen-bond donors (Lipinski definition) is 4. The number of carboxylic acids is 4. The highest BCUT2D eigenvalue weighted by molar-refractivity contribution is 5.73. The van der Waals surface area contributed by atoms with Crippen LogP contribution in [0.25, 0.3) is 91.4 Å². The van der Waals surface area contributed by atoms with Crippen LogP contribution in [0.15, 0.2) is 212 Å². The second-order valence-corrected chi connectivity index (χ2v) is 32.8. The maximum absolute atomic E-state index is 10.9. The molecule has 24 nitrogen and oxygen atoms in total. The molecule has 0 saturated carbocycles. The number of carboxylic acid groups (broad SMARTS) is 4. The molecule has 0 atom stereocenters. The van der Waals surface area contributed by atoms with Gasteiger partial charge in [0.2, 0.25) is 23.3 Å². The predicted molar refractivity (Wildman–Crippen MR) is 450 cm³/mol. The zero-order valence-electron chi connectivity index (χ0n) is 68.1. The maximum atomic E-state index is 10.9. The minimum absolute atomic E-state index is 0.102. The topological polar surface area (TPSA) is 318 Å². The van der Waals surface area contributed by atoms with E-state index in [1.165, 1.54) is 60.8 Å². The van der Waals surface area contributed by atoms with E-state index in [2.05, 4.69) is 157 Å². The summed E-state index contributed by atoms with van der Waals surface area (Å²) in [5.74, 6) is 1.19. The lowest BCUT2D eigenvalue weighted by atomic mass is 9.87. The largest absolute Gasteiger partial charge is 0.481 e. The molecule has 24 heteroatoms. The molecule has 4 aromatic heterocycles. The molecule has 0 aliphatic carbocycles. The third kappa shape index (κ3) is 22.8. The zero-order chi connectivity index (χ0) is 82.8. The number of carbonyl (C=O) groups is 4. The van der Waals surface area contributed by atoms with Crippen molar-refractivity contribution in [3.8, 4) is 91.4 Å². The summed E-state index contributed by atoms with van der Waals surface area (Å²) in [5.41, 5.74) is 17.1. The minimum atomic E-state index is -0.711. The van der Waals surface area contributed by atoms with Gasteiger partial charge in [-0.15, -0.1) is 0 Å². The molecule has 16 rings (SSSR count). The first-order valence-corrected chi connectivity index (χ1v) is 40.9. The average molecular weight is 1590 g/mol. The Hall–Kier alpha value is -12.0. The number of benzene rings is 8. The van der Waals surface area contributed by atoms with Crippen molar-refractivity contribution in [1.29, 1.82) is 0 Å². The molecular formula is C94H104N12O12. The van der Waals surface area contributed by atoms with Crippen LogP contribution >= 0.6 is 0 Å². The summed E-state index contributed by atoms with van der Waals surface area (Å²) in [6, 6.07) is 65.2. The smallest absolute Gasteiger partial charge is 0.309 e. The molecule has 12 aromatic rings. The fourth-order valence-electron chi connectivity index (χ4n) is 14.5. The van der Waals surface area contributed by atoms with E-state index in [1.54, 1.807) is 0 Å². The van der Waals surface area contributed by atoms with Gasteiger partial charge in [0.1, 0.15) is 0 Å². The van der Waals surface area contributed by atoms with Crippen molar-refractivity contribution in [3.05, 3.63) is 239 Å². The van der Waals surface area contributed by atoms with Gasteiger partial charge in [-0.3, -0.25) is 38.8 Å². The molecule has 0 radical (unpaired) electrons. The van der Waals surface area contributed by atoms with E-state index in [-0.39, 0.29) is 29.1 Å². The van der Waals surface area contributed by atoms with Gasteiger partial charge >= 0.3 is 23.9 Å². The summed E-state index contributed by atoms with van der Waals surface area (Å²) in [5, 5.41) is 52.4. The number of aliphatic carboxylic acids is 4. The van der Waals surface area contributed by atoms with E-state index in [4.69, 9.17) is 38.5 Å². The fraction of sp³-hybridized carbons (Fsp3) is 0.362. The van der Waals surface area contributed by atoms with Crippen molar-refractivity contribution in [2.24, 2.45) is 29.6 Å². The number of aryl methyl sites for hydroxylation is 2. The number of unbranched alkanes of at least 4 members (excludes halogenated alkanes) is 4. The van der Waals surface area contributed by atoms with Gasteiger partial charge in [0.15, 0.2) is 0 Å². The van der Waals surface area contributed by atoms with Crippen LogP contribution in [0, 0.1) is 29.6 Å². The third-order valence-electron chi connectivity index (χ3n) is 21.8. The van der Waals surface area contributed by atoms with E-state index in [0.29, 0.717) is 105 Å². The SMILES string of the molecule is CC(C)(C)c1ccc(-c2nc(-c3ccc(CN4CC(C(=O)O)C4)cc3)no2)cc1.CC(C)Cc1ccc(-c2nc(-c3ccc(CN4CC(C(=O)O)C4)cc3)no2)cc1.CCCCCCc1ccc(-c2nc(-c3ccc(CN4CC(C(=O)O)C4)cc3)no2)cc1.CCCCc1ccc(-c2nc(-c3ccc(CN4CC(C(=O)O)C4)cc3)no2)cc1. The molecule has 4 aliphatic heterocycles. The van der Waals surface area contributed by atoms with E-state index < -0.39 is 23.9 Å². The van der Waals surface area contributed by atoms with Crippen LogP contribution in [0.2, 0.25) is 0 Å². The Bertz CT molecular complexity index is 5230. The number of nitrogens with zero attached hydrogens (tertiary/aromatic N) is 12. The third-order valence-corrected chi connectivity index (χ3v) is 21.8. The Kier molecular flexibility index (Phi) is 28.0. The first kappa shape index (κ1) is 84.0. The van der Waals surface area contributed by atoms with E-state index in [0.717, 1.165) is 112 Å². The van der Waals surface area contributed by atoms with Gasteiger partial charge in [0.25, 0.3) is 23.6 Å². The van der Waals surface area contributed by atoms with Crippen LogP contribution < -0.4 is 0 Å². The lowest BCUT2D eigenvalue weighted by Crippen LogP contribution is -2.49. The first-order chi connectivity index (χ1) is 57.0. The normalized spacial score (nSPS) is 14.8. The molecule has 4 saturated heterocycles. The number of aromatic nitrogens is 8. The van der Waals surface area contributed by atoms with Crippen molar-refractivity contribution in [1.82, 2.24) is 60.2 Å². The summed E-state index contributed by atoms with van der Waals surface area (Å²) < 4.78 is 21.9. The molecule has 4 N–H and O–H groups in total. The van der Waals surface area contributed by atoms with Crippen LogP contribution in [0.1, 0.15) is 131 Å². The van der Waals surface area contributed by atoms with Crippen LogP contribution in [0.3, 0.4) is 0 Å². The van der Waals surface area contributed by atoms with Crippen molar-refractivity contribution in [3.63, 3.8) is 0 Å². The molecule has 4 aliphatic rings. The molecule has 612 valence electrons. The maximum Gasteiger partial charge on any atom is 0.309 e. The van der Waals surface area contributed by atoms with Gasteiger partial charge in [0, 0.05) is 123 Å². The van der Waals surface area contributed by atoms with Crippen molar-refractivity contribution in [2.45, 2.75) is 138 Å². The van der Waals surface area contributed by atoms with Crippen molar-refractivity contribution >= 4 is 23.9 Å². The van der Waals surface area contributed by atoms with E-state index >= 15 is 0 Å². The second kappa shape index (κ2) is 39.3. The van der Waals surface area contributed by atoms with Gasteiger partial charge in [0.05, 0.1) is 23.7 Å². The molecule has 118 heavy (non-hydrogen) atoms. The van der Waals surface area contributed by atoms with Gasteiger partial charge in [-0.25, -0.2) is 0 Å². The van der Waals surface area contributed by atoms with Gasteiger partial charge in [-0.05, 0) is 136 Å². The molecule has 0 amide bonds. The molecule has 8 heterocycles. The average Bonchev–Trinajstić information content (AvgIpc) is 1.78. The highest BCUT2D eigenvalue weighted by Gasteiger charge is 2.35. The highest BCUT2D eigenvalue weighted by atomic mass is 16.5. The quantitative estimate of drug-likeness (QED) is 0.0304. The second-order valence-electron chi connectivity index (χ2n) is 32.8. The Labute approximate surface area is 688 Å². The monoisotopic (exact) mass is 1590 g/mol. The molecule has 0 bridgehead atoms. The zero-order valence-corrected chi connectivity index (χ0v) is 68.1. The van der Waals surface area contributed by atoms with E-state index in [1.807, 2.05) is 146 Å². The van der Waals surface area contributed by atoms with Crippen molar-refractivity contribution in [2.75, 3.05) is 52.4 Å². The van der Waals surface area contributed by atoms with Crippen LogP contribution in [-0.2, 0) is 70.0 Å². The standard InChI is InChI=1S/C25H29N3O3.3C23H25N3O3/c1-2-3-4-5-6-18-7-13-21(14-8-18)24-26-23(27-31-24)20-11-9-19(10-12-20)15-28-16-22(17-28)25(29)30;1-15(2)11-16-3-9-19(10-4-16)22-24-21(25-29-22)18-7-5-17(6-8-18)12-26-13-20(14-26)23(27)28;1-23(2,3)19-10-8-17(9-11-19)21-24-20(25-29-21)16-6-4-15(5-7-16)12-26-13-18(14-26)22(27)28;1-2-3-4-16-5-11-19(12-6-16)22-24-21(25-29-22)18-9-7-17(8-10-18)13-26-14-20(15-26)23(27)28/h7-14,22H,2-6,15-17H2,1H3,(H,29,30);3-10,15,20H,11-14H2,1-2H3,(H,27,28);4-11,18H,12-14H2,1-3H3,(H,27,28);5-12,20H,2-4,13-15H2,1H3,(H,27,28). The minimum Gasteiger partial charge on any atom is -0.481 e. The van der Waals surface area contributed by atoms with Crippen LogP contribution in [-0.4, -0.2) is 157 Å². The fourth-order valence-corrected chi connectivity index (χ4v) is 14.5. The molecular weight excluding hydrogens is 1490 g/mol. The van der Waals surface area contributed by atoms with Gasteiger partial charge < -0.3 is 38.5 Å². The summed E-state index contributed by atoms with van der Waals surface area (Å²) >= 11 is 0. The van der Waals surface area contributed by atoms with Gasteiger partial charge in [-0.2, -0.15) is 19.9 Å². The van der Waals surface area contributed by atoms with Crippen molar-refractivity contribution < 1.29 is 57.7 Å². The van der Waals surface area contributed by atoms with E-state index in [9.17, 15) is 19.2 Å². The Morgan fingerprint density at radius 3 is 0.814 bits per heavy atom.